The summed E-state index contributed by atoms with van der Waals surface area (Å²) >= 11 is 0. The van der Waals surface area contributed by atoms with Crippen molar-refractivity contribution in [2.24, 2.45) is 11.7 Å². The van der Waals surface area contributed by atoms with Crippen LogP contribution in [0.25, 0.3) is 0 Å². The van der Waals surface area contributed by atoms with Gasteiger partial charge in [-0.3, -0.25) is 4.79 Å². The molecule has 0 saturated carbocycles. The van der Waals surface area contributed by atoms with Gasteiger partial charge in [-0.1, -0.05) is 0 Å². The Kier molecular flexibility index (Phi) is 3.53. The van der Waals surface area contributed by atoms with Gasteiger partial charge in [0.15, 0.2) is 11.5 Å². The zero-order chi connectivity index (χ0) is 12.3. The maximum atomic E-state index is 11.5. The van der Waals surface area contributed by atoms with Gasteiger partial charge in [0.2, 0.25) is 0 Å². The first-order valence-corrected chi connectivity index (χ1v) is 5.81. The molecule has 2 rings (SSSR count). The minimum absolute atomic E-state index is 0.185. The third kappa shape index (κ3) is 2.52. The Bertz CT molecular complexity index is 385. The highest BCUT2D eigenvalue weighted by Crippen LogP contribution is 2.20. The molecule has 1 saturated heterocycles. The maximum Gasteiger partial charge on any atom is 0.271 e. The molecule has 0 atom stereocenters. The molecule has 0 spiro atoms. The fraction of sp³-hybridized carbons (Fsp3) is 0.545. The first-order chi connectivity index (χ1) is 8.24. The predicted molar refractivity (Wildman–Crippen MR) is 64.8 cm³/mol. The van der Waals surface area contributed by atoms with E-state index in [-0.39, 0.29) is 5.91 Å². The standard InChI is InChI=1S/C11H17N5O/c1-2-13-11(17)9-3-4-10(15-14-9)16-6-8(5-12)7-16/h3-4,8H,2,5-7,12H2,1H3,(H,13,17). The highest BCUT2D eigenvalue weighted by molar-refractivity contribution is 5.92. The zero-order valence-corrected chi connectivity index (χ0v) is 9.89. The minimum Gasteiger partial charge on any atom is -0.354 e. The molecule has 0 aromatic carbocycles. The quantitative estimate of drug-likeness (QED) is 0.743. The van der Waals surface area contributed by atoms with E-state index in [4.69, 9.17) is 5.73 Å². The third-order valence-corrected chi connectivity index (χ3v) is 2.83. The van der Waals surface area contributed by atoms with Gasteiger partial charge in [-0.05, 0) is 25.6 Å². The lowest BCUT2D eigenvalue weighted by atomic mass is 10.0. The molecule has 0 unspecified atom stereocenters. The second-order valence-corrected chi connectivity index (χ2v) is 4.14. The number of rotatable bonds is 4. The topological polar surface area (TPSA) is 84.1 Å². The number of carbonyl (C=O) groups excluding carboxylic acids is 1. The Morgan fingerprint density at radius 1 is 1.53 bits per heavy atom. The molecule has 1 amide bonds. The molecule has 6 nitrogen and oxygen atoms in total. The minimum atomic E-state index is -0.185. The van der Waals surface area contributed by atoms with Gasteiger partial charge in [0.25, 0.3) is 5.91 Å². The van der Waals surface area contributed by atoms with Crippen molar-refractivity contribution in [3.63, 3.8) is 0 Å². The normalized spacial score (nSPS) is 15.5. The van der Waals surface area contributed by atoms with E-state index >= 15 is 0 Å². The number of aromatic nitrogens is 2. The van der Waals surface area contributed by atoms with E-state index in [1.165, 1.54) is 0 Å². The SMILES string of the molecule is CCNC(=O)c1ccc(N2CC(CN)C2)nn1. The average Bonchev–Trinajstić information content (AvgIpc) is 2.29. The molecule has 0 bridgehead atoms. The predicted octanol–water partition coefficient (Wildman–Crippen LogP) is -0.379. The van der Waals surface area contributed by atoms with Gasteiger partial charge in [-0.15, -0.1) is 10.2 Å². The highest BCUT2D eigenvalue weighted by Gasteiger charge is 2.26. The number of carbonyl (C=O) groups is 1. The number of nitrogens with two attached hydrogens (primary N) is 1. The van der Waals surface area contributed by atoms with Crippen molar-refractivity contribution in [2.75, 3.05) is 31.1 Å². The van der Waals surface area contributed by atoms with Gasteiger partial charge in [0.05, 0.1) is 0 Å². The van der Waals surface area contributed by atoms with E-state index in [1.807, 2.05) is 13.0 Å². The van der Waals surface area contributed by atoms with E-state index in [1.54, 1.807) is 6.07 Å². The lowest BCUT2D eigenvalue weighted by molar-refractivity contribution is 0.0950. The first kappa shape index (κ1) is 11.8. The van der Waals surface area contributed by atoms with Crippen molar-refractivity contribution < 1.29 is 4.79 Å². The summed E-state index contributed by atoms with van der Waals surface area (Å²) in [5.41, 5.74) is 5.91. The van der Waals surface area contributed by atoms with Crippen LogP contribution in [0, 0.1) is 5.92 Å². The Labute approximate surface area is 100 Å². The summed E-state index contributed by atoms with van der Waals surface area (Å²) in [7, 11) is 0. The summed E-state index contributed by atoms with van der Waals surface area (Å²) in [6.07, 6.45) is 0. The smallest absolute Gasteiger partial charge is 0.271 e. The highest BCUT2D eigenvalue weighted by atomic mass is 16.1. The fourth-order valence-electron chi connectivity index (χ4n) is 1.77. The molecule has 92 valence electrons. The second kappa shape index (κ2) is 5.09. The van der Waals surface area contributed by atoms with Crippen molar-refractivity contribution in [1.29, 1.82) is 0 Å². The number of hydrogen-bond acceptors (Lipinski definition) is 5. The number of amides is 1. The molecule has 1 aliphatic rings. The summed E-state index contributed by atoms with van der Waals surface area (Å²) in [4.78, 5) is 13.6. The molecule has 2 heterocycles. The van der Waals surface area contributed by atoms with Crippen LogP contribution in [0.4, 0.5) is 5.82 Å². The van der Waals surface area contributed by atoms with Crippen LogP contribution < -0.4 is 16.0 Å². The Balaban J connectivity index is 1.97. The van der Waals surface area contributed by atoms with Crippen molar-refractivity contribution >= 4 is 11.7 Å². The molecule has 0 aliphatic carbocycles. The zero-order valence-electron chi connectivity index (χ0n) is 9.89. The van der Waals surface area contributed by atoms with E-state index in [9.17, 15) is 4.79 Å². The largest absolute Gasteiger partial charge is 0.354 e. The Hall–Kier alpha value is -1.69. The summed E-state index contributed by atoms with van der Waals surface area (Å²) in [6.45, 7) is 5.01. The number of nitrogens with zero attached hydrogens (tertiary/aromatic N) is 3. The molecular formula is C11H17N5O. The summed E-state index contributed by atoms with van der Waals surface area (Å²) in [6, 6.07) is 3.52. The van der Waals surface area contributed by atoms with Crippen LogP contribution in [0.15, 0.2) is 12.1 Å². The second-order valence-electron chi connectivity index (χ2n) is 4.14. The molecule has 1 fully saturated rings. The van der Waals surface area contributed by atoms with E-state index in [0.717, 1.165) is 18.9 Å². The molecule has 17 heavy (non-hydrogen) atoms. The molecule has 1 aliphatic heterocycles. The third-order valence-electron chi connectivity index (χ3n) is 2.83. The number of hydrogen-bond donors (Lipinski definition) is 2. The Morgan fingerprint density at radius 2 is 2.29 bits per heavy atom. The summed E-state index contributed by atoms with van der Waals surface area (Å²) in [5.74, 6) is 1.18. The monoisotopic (exact) mass is 235 g/mol. The molecule has 0 radical (unpaired) electrons. The molecule has 1 aromatic rings. The van der Waals surface area contributed by atoms with E-state index in [2.05, 4.69) is 20.4 Å². The molecule has 6 heteroatoms. The van der Waals surface area contributed by atoms with Crippen molar-refractivity contribution in [3.05, 3.63) is 17.8 Å². The van der Waals surface area contributed by atoms with Gasteiger partial charge in [-0.25, -0.2) is 0 Å². The van der Waals surface area contributed by atoms with Gasteiger partial charge < -0.3 is 16.0 Å². The summed E-state index contributed by atoms with van der Waals surface area (Å²) < 4.78 is 0. The van der Waals surface area contributed by atoms with Crippen LogP contribution in [0.2, 0.25) is 0 Å². The van der Waals surface area contributed by atoms with Crippen LogP contribution in [0.5, 0.6) is 0 Å². The van der Waals surface area contributed by atoms with Crippen LogP contribution in [-0.4, -0.2) is 42.3 Å². The Morgan fingerprint density at radius 3 is 2.82 bits per heavy atom. The molecular weight excluding hydrogens is 218 g/mol. The number of nitrogens with one attached hydrogen (secondary N) is 1. The fourth-order valence-corrected chi connectivity index (χ4v) is 1.77. The van der Waals surface area contributed by atoms with Crippen LogP contribution >= 0.6 is 0 Å². The molecule has 3 N–H and O–H groups in total. The first-order valence-electron chi connectivity index (χ1n) is 5.81. The lowest BCUT2D eigenvalue weighted by Crippen LogP contribution is -2.50. The van der Waals surface area contributed by atoms with E-state index < -0.39 is 0 Å². The molecule has 1 aromatic heterocycles. The van der Waals surface area contributed by atoms with Gasteiger partial charge in [-0.2, -0.15) is 0 Å². The van der Waals surface area contributed by atoms with Crippen LogP contribution in [-0.2, 0) is 0 Å². The van der Waals surface area contributed by atoms with Crippen LogP contribution in [0.1, 0.15) is 17.4 Å². The van der Waals surface area contributed by atoms with Crippen molar-refractivity contribution in [3.8, 4) is 0 Å². The van der Waals surface area contributed by atoms with Gasteiger partial charge >= 0.3 is 0 Å². The van der Waals surface area contributed by atoms with Crippen LogP contribution in [0.3, 0.4) is 0 Å². The van der Waals surface area contributed by atoms with Crippen molar-refractivity contribution in [2.45, 2.75) is 6.92 Å². The van der Waals surface area contributed by atoms with Gasteiger partial charge in [0, 0.05) is 25.6 Å². The van der Waals surface area contributed by atoms with E-state index in [0.29, 0.717) is 24.7 Å². The van der Waals surface area contributed by atoms with Crippen molar-refractivity contribution in [1.82, 2.24) is 15.5 Å². The maximum absolute atomic E-state index is 11.5. The van der Waals surface area contributed by atoms with Gasteiger partial charge in [0.1, 0.15) is 0 Å². The average molecular weight is 235 g/mol. The number of anilines is 1. The lowest BCUT2D eigenvalue weighted by Gasteiger charge is -2.39. The summed E-state index contributed by atoms with van der Waals surface area (Å²) in [5, 5.41) is 10.6.